The summed E-state index contributed by atoms with van der Waals surface area (Å²) in [5, 5.41) is 8.40. The Labute approximate surface area is 96.8 Å². The van der Waals surface area contributed by atoms with Gasteiger partial charge in [-0.2, -0.15) is 5.10 Å². The summed E-state index contributed by atoms with van der Waals surface area (Å²) in [4.78, 5) is 0. The van der Waals surface area contributed by atoms with Crippen molar-refractivity contribution >= 4 is 11.6 Å². The zero-order valence-electron chi connectivity index (χ0n) is 9.97. The average Bonchev–Trinajstić information content (AvgIpc) is 2.42. The Balaban J connectivity index is 2.30. The van der Waals surface area contributed by atoms with Crippen molar-refractivity contribution in [2.75, 3.05) is 6.54 Å². The van der Waals surface area contributed by atoms with Gasteiger partial charge in [-0.25, -0.2) is 0 Å². The lowest BCUT2D eigenvalue weighted by Crippen LogP contribution is -2.36. The molecule has 0 aromatic carbocycles. The van der Waals surface area contributed by atoms with Gasteiger partial charge in [0.05, 0.1) is 16.9 Å². The fourth-order valence-corrected chi connectivity index (χ4v) is 1.48. The van der Waals surface area contributed by atoms with E-state index in [-0.39, 0.29) is 5.54 Å². The van der Waals surface area contributed by atoms with Gasteiger partial charge in [-0.05, 0) is 40.7 Å². The third kappa shape index (κ3) is 4.22. The molecule has 15 heavy (non-hydrogen) atoms. The second-order valence-electron chi connectivity index (χ2n) is 4.83. The van der Waals surface area contributed by atoms with Gasteiger partial charge in [0, 0.05) is 12.1 Å². The standard InChI is InChI=1S/C11H20ClN3/c1-9-10(12)8-14-15(9)7-5-6-13-11(2,3)4/h8,13H,5-7H2,1-4H3. The maximum atomic E-state index is 5.92. The summed E-state index contributed by atoms with van der Waals surface area (Å²) in [6.45, 7) is 10.4. The van der Waals surface area contributed by atoms with Crippen LogP contribution in [0.3, 0.4) is 0 Å². The first-order chi connectivity index (χ1) is 6.90. The quantitative estimate of drug-likeness (QED) is 0.805. The van der Waals surface area contributed by atoms with E-state index in [0.29, 0.717) is 0 Å². The van der Waals surface area contributed by atoms with Gasteiger partial charge >= 0.3 is 0 Å². The molecule has 1 aromatic rings. The zero-order chi connectivity index (χ0) is 11.5. The van der Waals surface area contributed by atoms with Gasteiger partial charge < -0.3 is 5.32 Å². The van der Waals surface area contributed by atoms with Crippen LogP contribution < -0.4 is 5.32 Å². The van der Waals surface area contributed by atoms with E-state index >= 15 is 0 Å². The molecule has 1 rings (SSSR count). The Bertz CT molecular complexity index is 312. The summed E-state index contributed by atoms with van der Waals surface area (Å²) in [6.07, 6.45) is 2.77. The number of halogens is 1. The van der Waals surface area contributed by atoms with Gasteiger partial charge in [0.2, 0.25) is 0 Å². The van der Waals surface area contributed by atoms with Crippen molar-refractivity contribution in [1.29, 1.82) is 0 Å². The zero-order valence-corrected chi connectivity index (χ0v) is 10.7. The molecule has 0 aliphatic heterocycles. The number of hydrogen-bond donors (Lipinski definition) is 1. The van der Waals surface area contributed by atoms with E-state index in [4.69, 9.17) is 11.6 Å². The molecule has 1 heterocycles. The van der Waals surface area contributed by atoms with E-state index in [1.54, 1.807) is 6.20 Å². The van der Waals surface area contributed by atoms with Crippen LogP contribution >= 0.6 is 11.6 Å². The SMILES string of the molecule is Cc1c(Cl)cnn1CCCNC(C)(C)C. The second-order valence-corrected chi connectivity index (χ2v) is 5.24. The van der Waals surface area contributed by atoms with Crippen LogP contribution in [0.4, 0.5) is 0 Å². The predicted molar refractivity (Wildman–Crippen MR) is 64.3 cm³/mol. The molecule has 3 nitrogen and oxygen atoms in total. The van der Waals surface area contributed by atoms with Crippen molar-refractivity contribution < 1.29 is 0 Å². The largest absolute Gasteiger partial charge is 0.312 e. The molecule has 0 bridgehead atoms. The van der Waals surface area contributed by atoms with Crippen molar-refractivity contribution in [1.82, 2.24) is 15.1 Å². The predicted octanol–water partition coefficient (Wildman–Crippen LogP) is 2.62. The van der Waals surface area contributed by atoms with Gasteiger partial charge in [-0.3, -0.25) is 4.68 Å². The summed E-state index contributed by atoms with van der Waals surface area (Å²) >= 11 is 5.92. The fraction of sp³-hybridized carbons (Fsp3) is 0.727. The Hall–Kier alpha value is -0.540. The Kier molecular flexibility index (Phi) is 4.17. The maximum Gasteiger partial charge on any atom is 0.0814 e. The van der Waals surface area contributed by atoms with Crippen LogP contribution in [0.15, 0.2) is 6.20 Å². The monoisotopic (exact) mass is 229 g/mol. The molecule has 86 valence electrons. The van der Waals surface area contributed by atoms with Crippen LogP contribution in [0.25, 0.3) is 0 Å². The van der Waals surface area contributed by atoms with Crippen LogP contribution in [0.1, 0.15) is 32.9 Å². The summed E-state index contributed by atoms with van der Waals surface area (Å²) in [7, 11) is 0. The summed E-state index contributed by atoms with van der Waals surface area (Å²) < 4.78 is 1.95. The van der Waals surface area contributed by atoms with E-state index in [1.807, 2.05) is 11.6 Å². The molecule has 0 amide bonds. The van der Waals surface area contributed by atoms with Crippen molar-refractivity contribution in [2.24, 2.45) is 0 Å². The minimum Gasteiger partial charge on any atom is -0.312 e. The maximum absolute atomic E-state index is 5.92. The van der Waals surface area contributed by atoms with Crippen LogP contribution in [0.2, 0.25) is 5.02 Å². The van der Waals surface area contributed by atoms with Crippen molar-refractivity contribution in [2.45, 2.75) is 46.2 Å². The highest BCUT2D eigenvalue weighted by atomic mass is 35.5. The van der Waals surface area contributed by atoms with E-state index < -0.39 is 0 Å². The first kappa shape index (κ1) is 12.5. The van der Waals surface area contributed by atoms with E-state index in [0.717, 1.165) is 30.2 Å². The number of aryl methyl sites for hydroxylation is 1. The Morgan fingerprint density at radius 3 is 2.60 bits per heavy atom. The molecular weight excluding hydrogens is 210 g/mol. The van der Waals surface area contributed by atoms with Gasteiger partial charge in [-0.15, -0.1) is 0 Å². The molecule has 0 spiro atoms. The third-order valence-electron chi connectivity index (χ3n) is 2.25. The lowest BCUT2D eigenvalue weighted by Gasteiger charge is -2.20. The van der Waals surface area contributed by atoms with E-state index in [1.165, 1.54) is 0 Å². The number of rotatable bonds is 4. The van der Waals surface area contributed by atoms with E-state index in [9.17, 15) is 0 Å². The van der Waals surface area contributed by atoms with Gasteiger partial charge in [0.25, 0.3) is 0 Å². The average molecular weight is 230 g/mol. The smallest absolute Gasteiger partial charge is 0.0814 e. The Morgan fingerprint density at radius 2 is 2.13 bits per heavy atom. The minimum atomic E-state index is 0.191. The molecule has 1 aromatic heterocycles. The van der Waals surface area contributed by atoms with Crippen molar-refractivity contribution in [3.63, 3.8) is 0 Å². The highest BCUT2D eigenvalue weighted by Crippen LogP contribution is 2.13. The van der Waals surface area contributed by atoms with Crippen LogP contribution in [-0.2, 0) is 6.54 Å². The number of nitrogens with zero attached hydrogens (tertiary/aromatic N) is 2. The summed E-state index contributed by atoms with van der Waals surface area (Å²) in [6, 6.07) is 0. The summed E-state index contributed by atoms with van der Waals surface area (Å²) in [5.41, 5.74) is 1.24. The molecule has 0 saturated carbocycles. The van der Waals surface area contributed by atoms with E-state index in [2.05, 4.69) is 31.2 Å². The molecule has 0 fully saturated rings. The van der Waals surface area contributed by atoms with Gasteiger partial charge in [0.15, 0.2) is 0 Å². The highest BCUT2D eigenvalue weighted by Gasteiger charge is 2.08. The number of nitrogens with one attached hydrogen (secondary N) is 1. The molecule has 0 aliphatic rings. The second kappa shape index (κ2) is 4.99. The van der Waals surface area contributed by atoms with Crippen LogP contribution in [0, 0.1) is 6.92 Å². The first-order valence-corrected chi connectivity index (χ1v) is 5.71. The number of aromatic nitrogens is 2. The van der Waals surface area contributed by atoms with Gasteiger partial charge in [-0.1, -0.05) is 11.6 Å². The van der Waals surface area contributed by atoms with Crippen LogP contribution in [0.5, 0.6) is 0 Å². The lowest BCUT2D eigenvalue weighted by molar-refractivity contribution is 0.408. The summed E-state index contributed by atoms with van der Waals surface area (Å²) in [5.74, 6) is 0. The molecule has 0 saturated heterocycles. The van der Waals surface area contributed by atoms with Crippen molar-refractivity contribution in [3.05, 3.63) is 16.9 Å². The molecule has 0 aliphatic carbocycles. The van der Waals surface area contributed by atoms with Crippen LogP contribution in [-0.4, -0.2) is 21.9 Å². The molecule has 0 radical (unpaired) electrons. The van der Waals surface area contributed by atoms with Gasteiger partial charge in [0.1, 0.15) is 0 Å². The Morgan fingerprint density at radius 1 is 1.47 bits per heavy atom. The number of hydrogen-bond acceptors (Lipinski definition) is 2. The third-order valence-corrected chi connectivity index (χ3v) is 2.62. The molecule has 4 heteroatoms. The van der Waals surface area contributed by atoms with Crippen molar-refractivity contribution in [3.8, 4) is 0 Å². The highest BCUT2D eigenvalue weighted by molar-refractivity contribution is 6.31. The molecular formula is C11H20ClN3. The lowest BCUT2D eigenvalue weighted by atomic mass is 10.1. The fourth-order valence-electron chi connectivity index (χ4n) is 1.34. The molecule has 0 unspecified atom stereocenters. The molecule has 0 atom stereocenters. The topological polar surface area (TPSA) is 29.9 Å². The first-order valence-electron chi connectivity index (χ1n) is 5.33. The normalized spacial score (nSPS) is 12.1. The molecule has 1 N–H and O–H groups in total. The minimum absolute atomic E-state index is 0.191.